The molecule has 4 aromatic rings. The first-order valence-electron chi connectivity index (χ1n) is 10.1. The zero-order valence-corrected chi connectivity index (χ0v) is 16.2. The number of benzene rings is 2. The number of fused-ring (bicyclic) bond motifs is 1. The lowest BCUT2D eigenvalue weighted by Crippen LogP contribution is -2.32. The van der Waals surface area contributed by atoms with Crippen LogP contribution in [0.5, 0.6) is 0 Å². The molecule has 4 nitrogen and oxygen atoms in total. The van der Waals surface area contributed by atoms with Gasteiger partial charge in [0.2, 0.25) is 0 Å². The van der Waals surface area contributed by atoms with Crippen LogP contribution >= 0.6 is 0 Å². The molecule has 0 spiro atoms. The van der Waals surface area contributed by atoms with Crippen molar-refractivity contribution in [2.24, 2.45) is 0 Å². The summed E-state index contributed by atoms with van der Waals surface area (Å²) in [5, 5.41) is 4.79. The molecule has 5 rings (SSSR count). The third-order valence-corrected chi connectivity index (χ3v) is 5.73. The van der Waals surface area contributed by atoms with E-state index in [9.17, 15) is 4.39 Å². The molecule has 3 heterocycles. The maximum atomic E-state index is 13.1. The van der Waals surface area contributed by atoms with E-state index in [1.807, 2.05) is 40.9 Å². The van der Waals surface area contributed by atoms with E-state index in [-0.39, 0.29) is 5.82 Å². The Morgan fingerprint density at radius 1 is 0.862 bits per heavy atom. The van der Waals surface area contributed by atoms with Crippen molar-refractivity contribution in [1.29, 1.82) is 0 Å². The fourth-order valence-electron chi connectivity index (χ4n) is 4.07. The van der Waals surface area contributed by atoms with Crippen LogP contribution in [-0.2, 0) is 6.54 Å². The summed E-state index contributed by atoms with van der Waals surface area (Å²) in [5.74, 6) is 1.15. The Morgan fingerprint density at radius 3 is 2.38 bits per heavy atom. The van der Waals surface area contributed by atoms with Gasteiger partial charge in [-0.1, -0.05) is 42.5 Å². The minimum Gasteiger partial charge on any atom is -0.299 e. The minimum atomic E-state index is -0.180. The summed E-state index contributed by atoms with van der Waals surface area (Å²) in [5.41, 5.74) is 4.38. The van der Waals surface area contributed by atoms with Crippen molar-refractivity contribution in [1.82, 2.24) is 19.5 Å². The number of likely N-dealkylation sites (tertiary alicyclic amines) is 1. The number of rotatable bonds is 4. The van der Waals surface area contributed by atoms with Crippen molar-refractivity contribution in [3.63, 3.8) is 0 Å². The standard InChI is InChI=1S/C24H23FN4/c25-22-9-6-18(7-10-22)16-28-14-12-20(13-15-28)24-26-23-11-8-21(17-29(23)27-24)19-4-2-1-3-5-19/h1-11,17,20H,12-16H2. The lowest BCUT2D eigenvalue weighted by atomic mass is 9.96. The summed E-state index contributed by atoms with van der Waals surface area (Å²) >= 11 is 0. The van der Waals surface area contributed by atoms with Gasteiger partial charge in [-0.25, -0.2) is 13.9 Å². The van der Waals surface area contributed by atoms with Crippen LogP contribution < -0.4 is 0 Å². The van der Waals surface area contributed by atoms with Crippen LogP contribution in [0, 0.1) is 5.82 Å². The average Bonchev–Trinajstić information content (AvgIpc) is 3.20. The van der Waals surface area contributed by atoms with E-state index >= 15 is 0 Å². The Hall–Kier alpha value is -3.05. The topological polar surface area (TPSA) is 33.4 Å². The number of hydrogen-bond donors (Lipinski definition) is 0. The Labute approximate surface area is 169 Å². The third kappa shape index (κ3) is 3.91. The van der Waals surface area contributed by atoms with Crippen molar-refractivity contribution >= 4 is 5.65 Å². The molecule has 29 heavy (non-hydrogen) atoms. The van der Waals surface area contributed by atoms with E-state index < -0.39 is 0 Å². The van der Waals surface area contributed by atoms with E-state index in [1.54, 1.807) is 0 Å². The first-order chi connectivity index (χ1) is 14.2. The minimum absolute atomic E-state index is 0.180. The molecule has 0 N–H and O–H groups in total. The molecule has 0 unspecified atom stereocenters. The van der Waals surface area contributed by atoms with Gasteiger partial charge < -0.3 is 0 Å². The smallest absolute Gasteiger partial charge is 0.155 e. The number of piperidine rings is 1. The lowest BCUT2D eigenvalue weighted by Gasteiger charge is -2.30. The van der Waals surface area contributed by atoms with E-state index in [1.165, 1.54) is 17.7 Å². The molecule has 0 radical (unpaired) electrons. The summed E-state index contributed by atoms with van der Waals surface area (Å²) in [4.78, 5) is 7.21. The van der Waals surface area contributed by atoms with E-state index in [0.717, 1.165) is 55.1 Å². The van der Waals surface area contributed by atoms with E-state index in [0.29, 0.717) is 5.92 Å². The van der Waals surface area contributed by atoms with Crippen LogP contribution in [-0.4, -0.2) is 32.6 Å². The highest BCUT2D eigenvalue weighted by Crippen LogP contribution is 2.27. The van der Waals surface area contributed by atoms with Crippen molar-refractivity contribution in [3.05, 3.63) is 90.1 Å². The molecule has 146 valence electrons. The largest absolute Gasteiger partial charge is 0.299 e. The number of halogens is 1. The fourth-order valence-corrected chi connectivity index (χ4v) is 4.07. The lowest BCUT2D eigenvalue weighted by molar-refractivity contribution is 0.201. The molecule has 1 fully saturated rings. The molecule has 2 aromatic heterocycles. The molecule has 1 aliphatic rings. The van der Waals surface area contributed by atoms with Gasteiger partial charge in [0.1, 0.15) is 5.82 Å². The molecule has 0 saturated carbocycles. The van der Waals surface area contributed by atoms with Gasteiger partial charge in [0, 0.05) is 24.2 Å². The van der Waals surface area contributed by atoms with Crippen LogP contribution in [0.15, 0.2) is 72.9 Å². The second-order valence-electron chi connectivity index (χ2n) is 7.73. The van der Waals surface area contributed by atoms with Crippen molar-refractivity contribution in [2.75, 3.05) is 13.1 Å². The Bertz CT molecular complexity index is 1100. The number of aromatic nitrogens is 3. The summed E-state index contributed by atoms with van der Waals surface area (Å²) in [6.07, 6.45) is 4.15. The van der Waals surface area contributed by atoms with Gasteiger partial charge in [-0.2, -0.15) is 5.10 Å². The molecule has 1 saturated heterocycles. The van der Waals surface area contributed by atoms with Gasteiger partial charge in [0.15, 0.2) is 11.5 Å². The normalized spacial score (nSPS) is 15.8. The quantitative estimate of drug-likeness (QED) is 0.499. The molecule has 0 aliphatic carbocycles. The second kappa shape index (κ2) is 7.76. The summed E-state index contributed by atoms with van der Waals surface area (Å²) in [6.45, 7) is 2.88. The van der Waals surface area contributed by atoms with Gasteiger partial charge >= 0.3 is 0 Å². The van der Waals surface area contributed by atoms with Crippen LogP contribution in [0.3, 0.4) is 0 Å². The van der Waals surface area contributed by atoms with Crippen molar-refractivity contribution < 1.29 is 4.39 Å². The van der Waals surface area contributed by atoms with Crippen LogP contribution in [0.4, 0.5) is 4.39 Å². The van der Waals surface area contributed by atoms with Gasteiger partial charge in [-0.3, -0.25) is 4.90 Å². The Morgan fingerprint density at radius 2 is 1.62 bits per heavy atom. The van der Waals surface area contributed by atoms with Gasteiger partial charge in [-0.05, 0) is 61.3 Å². The van der Waals surface area contributed by atoms with E-state index in [4.69, 9.17) is 10.1 Å². The molecule has 0 bridgehead atoms. The number of nitrogens with zero attached hydrogens (tertiary/aromatic N) is 4. The zero-order chi connectivity index (χ0) is 19.6. The third-order valence-electron chi connectivity index (χ3n) is 5.73. The highest BCUT2D eigenvalue weighted by atomic mass is 19.1. The van der Waals surface area contributed by atoms with E-state index in [2.05, 4.69) is 29.3 Å². The fraction of sp³-hybridized carbons (Fsp3) is 0.250. The molecular weight excluding hydrogens is 363 g/mol. The predicted octanol–water partition coefficient (Wildman–Crippen LogP) is 4.92. The number of hydrogen-bond acceptors (Lipinski definition) is 3. The summed E-state index contributed by atoms with van der Waals surface area (Å²) in [6, 6.07) is 21.3. The maximum Gasteiger partial charge on any atom is 0.155 e. The van der Waals surface area contributed by atoms with Crippen molar-refractivity contribution in [3.8, 4) is 11.1 Å². The zero-order valence-electron chi connectivity index (χ0n) is 16.2. The highest BCUT2D eigenvalue weighted by Gasteiger charge is 2.24. The van der Waals surface area contributed by atoms with Gasteiger partial charge in [0.05, 0.1) is 0 Å². The average molecular weight is 386 g/mol. The predicted molar refractivity (Wildman–Crippen MR) is 112 cm³/mol. The van der Waals surface area contributed by atoms with Crippen LogP contribution in [0.25, 0.3) is 16.8 Å². The summed E-state index contributed by atoms with van der Waals surface area (Å²) in [7, 11) is 0. The Balaban J connectivity index is 1.27. The van der Waals surface area contributed by atoms with Gasteiger partial charge in [0.25, 0.3) is 0 Å². The highest BCUT2D eigenvalue weighted by molar-refractivity contribution is 5.64. The monoisotopic (exact) mass is 386 g/mol. The first-order valence-corrected chi connectivity index (χ1v) is 10.1. The molecule has 1 aliphatic heterocycles. The molecular formula is C24H23FN4. The molecule has 5 heteroatoms. The van der Waals surface area contributed by atoms with Gasteiger partial charge in [-0.15, -0.1) is 0 Å². The molecule has 0 atom stereocenters. The van der Waals surface area contributed by atoms with Crippen molar-refractivity contribution in [2.45, 2.75) is 25.3 Å². The number of pyridine rings is 1. The molecule has 2 aromatic carbocycles. The first kappa shape index (κ1) is 18.0. The summed E-state index contributed by atoms with van der Waals surface area (Å²) < 4.78 is 15.0. The second-order valence-corrected chi connectivity index (χ2v) is 7.73. The maximum absolute atomic E-state index is 13.1. The van der Waals surface area contributed by atoms with Crippen LogP contribution in [0.1, 0.15) is 30.1 Å². The SMILES string of the molecule is Fc1ccc(CN2CCC(c3nc4ccc(-c5ccccc5)cn4n3)CC2)cc1. The van der Waals surface area contributed by atoms with Crippen LogP contribution in [0.2, 0.25) is 0 Å². The Kier molecular flexibility index (Phi) is 4.82. The molecule has 0 amide bonds.